The summed E-state index contributed by atoms with van der Waals surface area (Å²) in [6.07, 6.45) is -4.65. The fourth-order valence-corrected chi connectivity index (χ4v) is 2.18. The number of rotatable bonds is 2. The Kier molecular flexibility index (Phi) is 4.68. The molecular formula is C16H15F3N2O3. The molecule has 0 fully saturated rings. The van der Waals surface area contributed by atoms with Crippen LogP contribution in [-0.4, -0.2) is 38.0 Å². The number of methoxy groups -OCH3 is 1. The SMILES string of the molecule is COc1ccc2ccc(C(=O)NC(=O)N(C)C)cc2c1C(F)(F)F. The molecule has 0 aromatic heterocycles. The fourth-order valence-electron chi connectivity index (χ4n) is 2.18. The van der Waals surface area contributed by atoms with Crippen molar-refractivity contribution in [2.75, 3.05) is 21.2 Å². The predicted molar refractivity (Wildman–Crippen MR) is 82.1 cm³/mol. The molecule has 0 radical (unpaired) electrons. The highest BCUT2D eigenvalue weighted by molar-refractivity contribution is 6.06. The number of imide groups is 1. The Labute approximate surface area is 136 Å². The molecular weight excluding hydrogens is 325 g/mol. The molecule has 0 saturated heterocycles. The molecule has 0 heterocycles. The molecule has 0 aliphatic rings. The molecule has 0 atom stereocenters. The van der Waals surface area contributed by atoms with Crippen LogP contribution in [0.1, 0.15) is 15.9 Å². The number of urea groups is 1. The van der Waals surface area contributed by atoms with Gasteiger partial charge in [-0.3, -0.25) is 10.1 Å². The van der Waals surface area contributed by atoms with Gasteiger partial charge in [0.25, 0.3) is 5.91 Å². The molecule has 0 aliphatic carbocycles. The van der Waals surface area contributed by atoms with Crippen molar-refractivity contribution < 1.29 is 27.5 Å². The molecule has 8 heteroatoms. The van der Waals surface area contributed by atoms with Crippen molar-refractivity contribution in [2.24, 2.45) is 0 Å². The number of alkyl halides is 3. The van der Waals surface area contributed by atoms with Crippen LogP contribution in [0.5, 0.6) is 5.75 Å². The van der Waals surface area contributed by atoms with Gasteiger partial charge in [0.05, 0.1) is 7.11 Å². The van der Waals surface area contributed by atoms with Gasteiger partial charge >= 0.3 is 12.2 Å². The van der Waals surface area contributed by atoms with Crippen LogP contribution in [0.4, 0.5) is 18.0 Å². The summed E-state index contributed by atoms with van der Waals surface area (Å²) in [5.74, 6) is -1.12. The van der Waals surface area contributed by atoms with Crippen LogP contribution in [-0.2, 0) is 6.18 Å². The molecule has 0 spiro atoms. The van der Waals surface area contributed by atoms with Crippen LogP contribution in [0.2, 0.25) is 0 Å². The molecule has 0 aliphatic heterocycles. The van der Waals surface area contributed by atoms with Crippen LogP contribution in [0.15, 0.2) is 30.3 Å². The zero-order valence-corrected chi connectivity index (χ0v) is 13.2. The second-order valence-corrected chi connectivity index (χ2v) is 5.23. The topological polar surface area (TPSA) is 58.6 Å². The molecule has 1 N–H and O–H groups in total. The van der Waals surface area contributed by atoms with Gasteiger partial charge in [0.2, 0.25) is 0 Å². The largest absolute Gasteiger partial charge is 0.496 e. The number of halogens is 3. The number of nitrogens with one attached hydrogen (secondary N) is 1. The lowest BCUT2D eigenvalue weighted by atomic mass is 10.00. The number of carbonyl (C=O) groups is 2. The molecule has 24 heavy (non-hydrogen) atoms. The van der Waals surface area contributed by atoms with E-state index in [4.69, 9.17) is 4.74 Å². The minimum atomic E-state index is -4.65. The Morgan fingerprint density at radius 1 is 1.12 bits per heavy atom. The zero-order valence-electron chi connectivity index (χ0n) is 13.2. The van der Waals surface area contributed by atoms with Crippen LogP contribution < -0.4 is 10.1 Å². The van der Waals surface area contributed by atoms with E-state index >= 15 is 0 Å². The first-order valence-electron chi connectivity index (χ1n) is 6.85. The molecule has 128 valence electrons. The van der Waals surface area contributed by atoms with Crippen molar-refractivity contribution in [3.05, 3.63) is 41.5 Å². The lowest BCUT2D eigenvalue weighted by Gasteiger charge is -2.16. The fraction of sp³-hybridized carbons (Fsp3) is 0.250. The van der Waals surface area contributed by atoms with Gasteiger partial charge < -0.3 is 9.64 Å². The summed E-state index contributed by atoms with van der Waals surface area (Å²) in [6.45, 7) is 0. The predicted octanol–water partition coefficient (Wildman–Crippen LogP) is 3.28. The molecule has 2 aromatic carbocycles. The summed E-state index contributed by atoms with van der Waals surface area (Å²) in [5.41, 5.74) is -1.02. The first-order valence-corrected chi connectivity index (χ1v) is 6.85. The minimum absolute atomic E-state index is 0.0588. The van der Waals surface area contributed by atoms with Crippen molar-refractivity contribution >= 4 is 22.7 Å². The standard InChI is InChI=1S/C16H15F3N2O3/c1-21(2)15(23)20-14(22)10-5-4-9-6-7-12(24-3)13(11(9)8-10)16(17,18)19/h4-8H,1-3H3,(H,20,22,23). The van der Waals surface area contributed by atoms with Crippen molar-refractivity contribution in [2.45, 2.75) is 6.18 Å². The van der Waals surface area contributed by atoms with Gasteiger partial charge in [-0.15, -0.1) is 0 Å². The number of amides is 3. The Balaban J connectivity index is 2.57. The van der Waals surface area contributed by atoms with E-state index in [0.29, 0.717) is 5.39 Å². The number of hydrogen-bond donors (Lipinski definition) is 1. The molecule has 0 unspecified atom stereocenters. The molecule has 3 amide bonds. The lowest BCUT2D eigenvalue weighted by Crippen LogP contribution is -2.38. The van der Waals surface area contributed by atoms with E-state index in [1.165, 1.54) is 38.4 Å². The maximum atomic E-state index is 13.4. The third-order valence-electron chi connectivity index (χ3n) is 3.38. The van der Waals surface area contributed by atoms with Gasteiger partial charge in [-0.2, -0.15) is 13.2 Å². The normalized spacial score (nSPS) is 11.2. The molecule has 2 rings (SSSR count). The number of benzene rings is 2. The van der Waals surface area contributed by atoms with Gasteiger partial charge in [-0.25, -0.2) is 4.79 Å². The minimum Gasteiger partial charge on any atom is -0.496 e. The van der Waals surface area contributed by atoms with E-state index in [1.54, 1.807) is 0 Å². The molecule has 5 nitrogen and oxygen atoms in total. The molecule has 0 bridgehead atoms. The second kappa shape index (κ2) is 6.38. The van der Waals surface area contributed by atoms with Gasteiger partial charge in [0.15, 0.2) is 0 Å². The Morgan fingerprint density at radius 3 is 2.29 bits per heavy atom. The Morgan fingerprint density at radius 2 is 1.75 bits per heavy atom. The summed E-state index contributed by atoms with van der Waals surface area (Å²) in [5, 5.41) is 2.21. The highest BCUT2D eigenvalue weighted by Gasteiger charge is 2.36. The number of ether oxygens (including phenoxy) is 1. The summed E-state index contributed by atoms with van der Waals surface area (Å²) in [7, 11) is 4.02. The van der Waals surface area contributed by atoms with Crippen molar-refractivity contribution in [3.63, 3.8) is 0 Å². The van der Waals surface area contributed by atoms with E-state index in [-0.39, 0.29) is 16.7 Å². The van der Waals surface area contributed by atoms with E-state index in [9.17, 15) is 22.8 Å². The smallest absolute Gasteiger partial charge is 0.420 e. The van der Waals surface area contributed by atoms with Crippen LogP contribution in [0.3, 0.4) is 0 Å². The maximum absolute atomic E-state index is 13.4. The molecule has 0 saturated carbocycles. The summed E-state index contributed by atoms with van der Waals surface area (Å²) >= 11 is 0. The zero-order chi connectivity index (χ0) is 18.1. The number of hydrogen-bond acceptors (Lipinski definition) is 3. The summed E-state index contributed by atoms with van der Waals surface area (Å²) in [6, 6.07) is 5.86. The van der Waals surface area contributed by atoms with E-state index in [0.717, 1.165) is 18.1 Å². The van der Waals surface area contributed by atoms with Crippen molar-refractivity contribution in [1.29, 1.82) is 0 Å². The molecule has 2 aromatic rings. The van der Waals surface area contributed by atoms with Crippen LogP contribution in [0.25, 0.3) is 10.8 Å². The van der Waals surface area contributed by atoms with E-state index in [1.807, 2.05) is 0 Å². The van der Waals surface area contributed by atoms with E-state index in [2.05, 4.69) is 5.32 Å². The average molecular weight is 340 g/mol. The highest BCUT2D eigenvalue weighted by Crippen LogP contribution is 2.41. The Bertz CT molecular complexity index is 801. The Hall–Kier alpha value is -2.77. The summed E-state index contributed by atoms with van der Waals surface area (Å²) < 4.78 is 44.9. The monoisotopic (exact) mass is 340 g/mol. The second-order valence-electron chi connectivity index (χ2n) is 5.23. The first kappa shape index (κ1) is 17.6. The van der Waals surface area contributed by atoms with Gasteiger partial charge in [0.1, 0.15) is 11.3 Å². The summed E-state index contributed by atoms with van der Waals surface area (Å²) in [4.78, 5) is 24.7. The maximum Gasteiger partial charge on any atom is 0.420 e. The lowest BCUT2D eigenvalue weighted by molar-refractivity contribution is -0.137. The van der Waals surface area contributed by atoms with Crippen molar-refractivity contribution in [1.82, 2.24) is 10.2 Å². The van der Waals surface area contributed by atoms with Gasteiger partial charge in [0, 0.05) is 19.7 Å². The average Bonchev–Trinajstić information content (AvgIpc) is 2.51. The number of carbonyl (C=O) groups excluding carboxylic acids is 2. The van der Waals surface area contributed by atoms with Crippen molar-refractivity contribution in [3.8, 4) is 5.75 Å². The van der Waals surface area contributed by atoms with Crippen LogP contribution in [0, 0.1) is 0 Å². The third kappa shape index (κ3) is 3.42. The van der Waals surface area contributed by atoms with Gasteiger partial charge in [-0.1, -0.05) is 12.1 Å². The number of fused-ring (bicyclic) bond motifs is 1. The highest BCUT2D eigenvalue weighted by atomic mass is 19.4. The van der Waals surface area contributed by atoms with Crippen LogP contribution >= 0.6 is 0 Å². The quantitative estimate of drug-likeness (QED) is 0.913. The van der Waals surface area contributed by atoms with E-state index < -0.39 is 23.7 Å². The third-order valence-corrected chi connectivity index (χ3v) is 3.38. The van der Waals surface area contributed by atoms with Gasteiger partial charge in [-0.05, 0) is 29.0 Å². The number of nitrogens with zero attached hydrogens (tertiary/aromatic N) is 1. The first-order chi connectivity index (χ1) is 11.1.